The minimum atomic E-state index is 0. The van der Waals surface area contributed by atoms with Crippen LogP contribution in [0.5, 0.6) is 0 Å². The van der Waals surface area contributed by atoms with Crippen LogP contribution in [0.25, 0.3) is 0 Å². The Morgan fingerprint density at radius 3 is 1.00 bits per heavy atom. The van der Waals surface area contributed by atoms with E-state index in [0.717, 1.165) is 0 Å². The van der Waals surface area contributed by atoms with Crippen molar-refractivity contribution in [2.45, 2.75) is 0 Å². The zero-order chi connectivity index (χ0) is 0. The van der Waals surface area contributed by atoms with Gasteiger partial charge in [0.25, 0.3) is 0 Å². The average Bonchev–Trinajstić information content (AvgIpc) is 0. The monoisotopic (exact) mass is 604 g/mol. The van der Waals surface area contributed by atoms with E-state index in [2.05, 4.69) is 0 Å². The van der Waals surface area contributed by atoms with Crippen LogP contribution >= 0.6 is 0 Å². The van der Waals surface area contributed by atoms with Crippen LogP contribution in [0.1, 0.15) is 0 Å². The van der Waals surface area contributed by atoms with Gasteiger partial charge in [-0.15, -0.1) is 0 Å². The third-order valence-electron chi connectivity index (χ3n) is 0. The second-order valence-electron chi connectivity index (χ2n) is 0. The first-order chi connectivity index (χ1) is 0. The van der Waals surface area contributed by atoms with Crippen molar-refractivity contribution in [3.05, 3.63) is 0 Å². The molecule has 4 heteroatoms. The van der Waals surface area contributed by atoms with Gasteiger partial charge in [-0.05, 0) is 0 Å². The third kappa shape index (κ3) is 9.00. The molecule has 0 aromatic rings. The summed E-state index contributed by atoms with van der Waals surface area (Å²) >= 11 is 0. The Balaban J connectivity index is 0. The summed E-state index contributed by atoms with van der Waals surface area (Å²) in [5.41, 5.74) is 0. The van der Waals surface area contributed by atoms with Gasteiger partial charge in [0, 0.05) is 19.5 Å². The molecule has 0 heterocycles. The zero-order valence-corrected chi connectivity index (χ0v) is 16.1. The maximum absolute atomic E-state index is 0. The normalized spacial score (nSPS) is 0. The molecule has 0 rings (SSSR count). The van der Waals surface area contributed by atoms with E-state index < -0.39 is 0 Å². The van der Waals surface area contributed by atoms with E-state index in [1.807, 2.05) is 0 Å². The first-order valence-electron chi connectivity index (χ1n) is 0. The van der Waals surface area contributed by atoms with Crippen LogP contribution in [-0.2, 0) is 19.5 Å². The van der Waals surface area contributed by atoms with Crippen LogP contribution in [0.4, 0.5) is 0 Å². The van der Waals surface area contributed by atoms with E-state index >= 15 is 0 Å². The molecule has 0 aliphatic heterocycles. The van der Waals surface area contributed by atoms with Gasteiger partial charge in [-0.25, -0.2) is 0 Å². The maximum atomic E-state index is 0. The van der Waals surface area contributed by atoms with Gasteiger partial charge < -0.3 is 0 Å². The van der Waals surface area contributed by atoms with E-state index in [1.165, 1.54) is 0 Å². The van der Waals surface area contributed by atoms with Crippen LogP contribution in [-0.4, -0.2) is 79.3 Å². The molecular formula is H8BiInPbZn. The molecule has 0 bridgehead atoms. The maximum Gasteiger partial charge on any atom is 0 e. The zero-order valence-electron chi connectivity index (χ0n) is 2.12. The minimum absolute atomic E-state index is 0. The Morgan fingerprint density at radius 1 is 1.00 bits per heavy atom. The van der Waals surface area contributed by atoms with E-state index in [-0.39, 0.29) is 98.8 Å². The van der Waals surface area contributed by atoms with Gasteiger partial charge in [0.15, 0.2) is 0 Å². The molecule has 0 saturated heterocycles. The predicted octanol–water partition coefficient (Wildman–Crippen LogP) is -3.29. The third-order valence-corrected chi connectivity index (χ3v) is 0. The summed E-state index contributed by atoms with van der Waals surface area (Å²) in [4.78, 5) is 0. The van der Waals surface area contributed by atoms with Crippen LogP contribution in [0.3, 0.4) is 0 Å². The largest absolute Gasteiger partial charge is 0 e. The quantitative estimate of drug-likeness (QED) is 0.255. The van der Waals surface area contributed by atoms with Crippen molar-refractivity contribution in [2.75, 3.05) is 0 Å². The summed E-state index contributed by atoms with van der Waals surface area (Å²) in [6.07, 6.45) is 0. The van der Waals surface area contributed by atoms with Gasteiger partial charge in [0.05, 0.1) is 0 Å². The smallest absolute Gasteiger partial charge is 0 e. The van der Waals surface area contributed by atoms with Gasteiger partial charge in [0.2, 0.25) is 0 Å². The summed E-state index contributed by atoms with van der Waals surface area (Å²) in [6, 6.07) is 0. The molecular weight excluding hydrogens is 596 g/mol. The Morgan fingerprint density at radius 2 is 1.00 bits per heavy atom. The van der Waals surface area contributed by atoms with Gasteiger partial charge in [-0.2, -0.15) is 0 Å². The SMILES string of the molecule is [BiH3].[InH3].[PbH2].[Zn]. The van der Waals surface area contributed by atoms with Crippen molar-refractivity contribution >= 4 is 79.3 Å². The summed E-state index contributed by atoms with van der Waals surface area (Å²) in [6.45, 7) is 0. The molecule has 0 amide bonds. The van der Waals surface area contributed by atoms with Crippen LogP contribution in [0.15, 0.2) is 0 Å². The van der Waals surface area contributed by atoms with Crippen molar-refractivity contribution in [1.29, 1.82) is 0 Å². The molecule has 0 aromatic carbocycles. The molecule has 0 atom stereocenters. The van der Waals surface area contributed by atoms with Crippen molar-refractivity contribution in [1.82, 2.24) is 0 Å². The number of hydrogen-bond acceptors (Lipinski definition) is 0. The summed E-state index contributed by atoms with van der Waals surface area (Å²) in [5, 5.41) is 0. The molecule has 22 valence electrons. The predicted molar refractivity (Wildman–Crippen MR) is 28.4 cm³/mol. The second-order valence-corrected chi connectivity index (χ2v) is 0. The van der Waals surface area contributed by atoms with Crippen LogP contribution in [0.2, 0.25) is 0 Å². The van der Waals surface area contributed by atoms with E-state index in [9.17, 15) is 0 Å². The molecule has 0 aromatic heterocycles. The molecule has 4 heavy (non-hydrogen) atoms. The van der Waals surface area contributed by atoms with Gasteiger partial charge >= 0.3 is 79.3 Å². The molecule has 0 unspecified atom stereocenters. The van der Waals surface area contributed by atoms with Crippen molar-refractivity contribution in [2.24, 2.45) is 0 Å². The summed E-state index contributed by atoms with van der Waals surface area (Å²) < 4.78 is 0. The Hall–Kier alpha value is 3.30. The summed E-state index contributed by atoms with van der Waals surface area (Å²) in [7, 11) is 0. The first-order valence-corrected chi connectivity index (χ1v) is 0. The van der Waals surface area contributed by atoms with Gasteiger partial charge in [0.1, 0.15) is 0 Å². The van der Waals surface area contributed by atoms with E-state index in [1.54, 1.807) is 0 Å². The molecule has 0 aliphatic carbocycles. The van der Waals surface area contributed by atoms with Gasteiger partial charge in [-0.1, -0.05) is 0 Å². The van der Waals surface area contributed by atoms with Gasteiger partial charge in [-0.3, -0.25) is 0 Å². The summed E-state index contributed by atoms with van der Waals surface area (Å²) in [5.74, 6) is 0. The molecule has 0 nitrogen and oxygen atoms in total. The Kier molecular flexibility index (Phi) is 108. The van der Waals surface area contributed by atoms with E-state index in [4.69, 9.17) is 0 Å². The molecule has 0 aliphatic rings. The van der Waals surface area contributed by atoms with Crippen molar-refractivity contribution < 1.29 is 19.5 Å². The molecule has 2 radical (unpaired) electrons. The fourth-order valence-corrected chi connectivity index (χ4v) is 0. The fourth-order valence-electron chi connectivity index (χ4n) is 0. The van der Waals surface area contributed by atoms with Crippen LogP contribution < -0.4 is 0 Å². The minimum Gasteiger partial charge on any atom is 0 e. The Labute approximate surface area is 96.7 Å². The fraction of sp³-hybridized carbons (Fsp3) is 0. The first kappa shape index (κ1) is 26.6. The molecule has 0 spiro atoms. The van der Waals surface area contributed by atoms with Crippen molar-refractivity contribution in [3.63, 3.8) is 0 Å². The standard InChI is InChI=1S/Bi.In.Pb.Zn.8H. The van der Waals surface area contributed by atoms with Crippen molar-refractivity contribution in [3.8, 4) is 0 Å². The molecule has 0 saturated carbocycles. The second kappa shape index (κ2) is 16.3. The number of hydrogen-bond donors (Lipinski definition) is 0. The van der Waals surface area contributed by atoms with Crippen LogP contribution in [0, 0.1) is 0 Å². The topological polar surface area (TPSA) is 0 Å². The van der Waals surface area contributed by atoms with E-state index in [0.29, 0.717) is 0 Å². The Bertz CT molecular complexity index is 8.00. The molecule has 0 N–H and O–H groups in total. The average molecular weight is 604 g/mol. The number of rotatable bonds is 0. The molecule has 0 fully saturated rings.